The Hall–Kier alpha value is -2.52. The summed E-state index contributed by atoms with van der Waals surface area (Å²) in [6, 6.07) is 8.68. The van der Waals surface area contributed by atoms with Gasteiger partial charge in [0.1, 0.15) is 12.4 Å². The van der Waals surface area contributed by atoms with Gasteiger partial charge in [-0.15, -0.1) is 0 Å². The first-order valence-corrected chi connectivity index (χ1v) is 8.71. The predicted molar refractivity (Wildman–Crippen MR) is 87.8 cm³/mol. The van der Waals surface area contributed by atoms with Crippen molar-refractivity contribution in [2.24, 2.45) is 0 Å². The largest absolute Gasteiger partial charge is 0.492 e. The molecule has 0 aliphatic carbocycles. The lowest BCUT2D eigenvalue weighted by Crippen LogP contribution is -2.28. The minimum atomic E-state index is -3.75. The zero-order valence-corrected chi connectivity index (χ0v) is 14.1. The van der Waals surface area contributed by atoms with Gasteiger partial charge < -0.3 is 10.1 Å². The van der Waals surface area contributed by atoms with E-state index in [0.29, 0.717) is 5.69 Å². The molecule has 2 N–H and O–H groups in total. The summed E-state index contributed by atoms with van der Waals surface area (Å²) in [7, 11) is -3.75. The zero-order valence-electron chi connectivity index (χ0n) is 13.3. The number of anilines is 1. The smallest absolute Gasteiger partial charge is 0.240 e. The molecule has 0 spiro atoms. The summed E-state index contributed by atoms with van der Waals surface area (Å²) in [5.41, 5.74) is 0.480. The van der Waals surface area contributed by atoms with Crippen molar-refractivity contribution in [1.82, 2.24) is 4.72 Å². The van der Waals surface area contributed by atoms with Crippen LogP contribution < -0.4 is 14.8 Å². The van der Waals surface area contributed by atoms with Gasteiger partial charge in [-0.1, -0.05) is 0 Å². The molecule has 0 aliphatic rings. The first-order chi connectivity index (χ1) is 11.8. The predicted octanol–water partition coefficient (Wildman–Crippen LogP) is 2.28. The summed E-state index contributed by atoms with van der Waals surface area (Å²) in [5, 5.41) is 2.53. The highest BCUT2D eigenvalue weighted by molar-refractivity contribution is 7.89. The Labute approximate surface area is 143 Å². The van der Waals surface area contributed by atoms with Crippen molar-refractivity contribution in [1.29, 1.82) is 0 Å². The lowest BCUT2D eigenvalue weighted by Gasteiger charge is -2.09. The second-order valence-corrected chi connectivity index (χ2v) is 6.79. The Bertz CT molecular complexity index is 855. The highest BCUT2D eigenvalue weighted by atomic mass is 32.2. The molecule has 2 aromatic carbocycles. The van der Waals surface area contributed by atoms with Gasteiger partial charge in [0.15, 0.2) is 11.6 Å². The maximum Gasteiger partial charge on any atom is 0.240 e. The summed E-state index contributed by atoms with van der Waals surface area (Å²) in [5.74, 6) is -2.20. The normalized spacial score (nSPS) is 11.2. The van der Waals surface area contributed by atoms with Crippen molar-refractivity contribution in [3.8, 4) is 5.75 Å². The van der Waals surface area contributed by atoms with Crippen LogP contribution in [0.4, 0.5) is 14.5 Å². The van der Waals surface area contributed by atoms with Crippen LogP contribution in [0.25, 0.3) is 0 Å². The highest BCUT2D eigenvalue weighted by Crippen LogP contribution is 2.16. The number of carbonyl (C=O) groups is 1. The molecule has 0 heterocycles. The van der Waals surface area contributed by atoms with E-state index in [9.17, 15) is 22.0 Å². The van der Waals surface area contributed by atoms with Gasteiger partial charge in [0, 0.05) is 25.2 Å². The SMILES string of the molecule is CC(=O)Nc1ccc(S(=O)(=O)NCCOc2ccc(F)c(F)c2)cc1. The summed E-state index contributed by atoms with van der Waals surface area (Å²) in [6.45, 7) is 1.22. The topological polar surface area (TPSA) is 84.5 Å². The molecule has 0 aliphatic heterocycles. The lowest BCUT2D eigenvalue weighted by atomic mass is 10.3. The summed E-state index contributed by atoms with van der Waals surface area (Å²) < 4.78 is 57.5. The Balaban J connectivity index is 1.88. The minimum absolute atomic E-state index is 0.0226. The number of ether oxygens (including phenoxy) is 1. The van der Waals surface area contributed by atoms with Crippen LogP contribution in [-0.4, -0.2) is 27.5 Å². The van der Waals surface area contributed by atoms with Gasteiger partial charge in [-0.05, 0) is 36.4 Å². The molecule has 134 valence electrons. The number of nitrogens with one attached hydrogen (secondary N) is 2. The van der Waals surface area contributed by atoms with Crippen LogP contribution in [0, 0.1) is 11.6 Å². The molecular formula is C16H16F2N2O4S. The Morgan fingerprint density at radius 1 is 1.08 bits per heavy atom. The summed E-state index contributed by atoms with van der Waals surface area (Å²) in [4.78, 5) is 10.9. The third-order valence-corrected chi connectivity index (χ3v) is 4.52. The Morgan fingerprint density at radius 3 is 2.36 bits per heavy atom. The Morgan fingerprint density at radius 2 is 1.76 bits per heavy atom. The minimum Gasteiger partial charge on any atom is -0.492 e. The number of carbonyl (C=O) groups excluding carboxylic acids is 1. The average molecular weight is 370 g/mol. The molecule has 0 bridgehead atoms. The number of rotatable bonds is 7. The molecule has 9 heteroatoms. The van der Waals surface area contributed by atoms with E-state index >= 15 is 0 Å². The number of amides is 1. The van der Waals surface area contributed by atoms with E-state index in [1.54, 1.807) is 0 Å². The summed E-state index contributed by atoms with van der Waals surface area (Å²) >= 11 is 0. The van der Waals surface area contributed by atoms with Crippen LogP contribution in [0.1, 0.15) is 6.92 Å². The van der Waals surface area contributed by atoms with Gasteiger partial charge >= 0.3 is 0 Å². The second-order valence-electron chi connectivity index (χ2n) is 5.03. The maximum atomic E-state index is 13.0. The quantitative estimate of drug-likeness (QED) is 0.733. The number of hydrogen-bond acceptors (Lipinski definition) is 4. The van der Waals surface area contributed by atoms with Crippen molar-refractivity contribution < 1.29 is 26.7 Å². The first-order valence-electron chi connectivity index (χ1n) is 7.23. The van der Waals surface area contributed by atoms with Crippen LogP contribution in [0.15, 0.2) is 47.4 Å². The lowest BCUT2D eigenvalue weighted by molar-refractivity contribution is -0.114. The molecule has 25 heavy (non-hydrogen) atoms. The molecule has 0 saturated carbocycles. The van der Waals surface area contributed by atoms with Crippen molar-refractivity contribution >= 4 is 21.6 Å². The van der Waals surface area contributed by atoms with Crippen molar-refractivity contribution in [2.45, 2.75) is 11.8 Å². The molecule has 0 radical (unpaired) electrons. The average Bonchev–Trinajstić information content (AvgIpc) is 2.55. The molecule has 0 atom stereocenters. The zero-order chi connectivity index (χ0) is 18.4. The van der Waals surface area contributed by atoms with Crippen molar-refractivity contribution in [3.05, 3.63) is 54.1 Å². The van der Waals surface area contributed by atoms with Crippen LogP contribution in [0.5, 0.6) is 5.75 Å². The molecule has 2 rings (SSSR count). The molecular weight excluding hydrogens is 354 g/mol. The monoisotopic (exact) mass is 370 g/mol. The fourth-order valence-corrected chi connectivity index (χ4v) is 2.93. The molecule has 1 amide bonds. The first kappa shape index (κ1) is 18.8. The van der Waals surface area contributed by atoms with Crippen LogP contribution >= 0.6 is 0 Å². The van der Waals surface area contributed by atoms with Crippen LogP contribution in [0.2, 0.25) is 0 Å². The Kier molecular flexibility index (Phi) is 6.05. The molecule has 0 fully saturated rings. The molecule has 0 saturated heterocycles. The van der Waals surface area contributed by atoms with E-state index in [2.05, 4.69) is 10.0 Å². The van der Waals surface area contributed by atoms with Gasteiger partial charge in [0.2, 0.25) is 15.9 Å². The number of sulfonamides is 1. The van der Waals surface area contributed by atoms with E-state index in [-0.39, 0.29) is 29.7 Å². The number of halogens is 2. The fraction of sp³-hybridized carbons (Fsp3) is 0.188. The third kappa shape index (κ3) is 5.50. The third-order valence-electron chi connectivity index (χ3n) is 3.04. The number of benzene rings is 2. The van der Waals surface area contributed by atoms with Gasteiger partial charge in [-0.25, -0.2) is 21.9 Å². The van der Waals surface area contributed by atoms with Gasteiger partial charge in [0.05, 0.1) is 4.90 Å². The molecule has 0 unspecified atom stereocenters. The van der Waals surface area contributed by atoms with E-state index in [4.69, 9.17) is 4.74 Å². The molecule has 6 nitrogen and oxygen atoms in total. The van der Waals surface area contributed by atoms with E-state index in [1.807, 2.05) is 0 Å². The highest BCUT2D eigenvalue weighted by Gasteiger charge is 2.13. The van der Waals surface area contributed by atoms with Gasteiger partial charge in [-0.2, -0.15) is 0 Å². The maximum absolute atomic E-state index is 13.0. The summed E-state index contributed by atoms with van der Waals surface area (Å²) in [6.07, 6.45) is 0. The van der Waals surface area contributed by atoms with E-state index in [1.165, 1.54) is 37.3 Å². The second kappa shape index (κ2) is 8.04. The van der Waals surface area contributed by atoms with Crippen molar-refractivity contribution in [3.63, 3.8) is 0 Å². The standard InChI is InChI=1S/C16H16F2N2O4S/c1-11(21)20-12-2-5-14(6-3-12)25(22,23)19-8-9-24-13-4-7-15(17)16(18)10-13/h2-7,10,19H,8-9H2,1H3,(H,20,21). The van der Waals surface area contributed by atoms with Gasteiger partial charge in [-0.3, -0.25) is 4.79 Å². The van der Waals surface area contributed by atoms with Gasteiger partial charge in [0.25, 0.3) is 0 Å². The molecule has 2 aromatic rings. The van der Waals surface area contributed by atoms with Crippen molar-refractivity contribution in [2.75, 3.05) is 18.5 Å². The van der Waals surface area contributed by atoms with E-state index in [0.717, 1.165) is 12.1 Å². The van der Waals surface area contributed by atoms with Crippen LogP contribution in [-0.2, 0) is 14.8 Å². The number of hydrogen-bond donors (Lipinski definition) is 2. The fourth-order valence-electron chi connectivity index (χ4n) is 1.92. The van der Waals surface area contributed by atoms with Crippen LogP contribution in [0.3, 0.4) is 0 Å². The van der Waals surface area contributed by atoms with E-state index < -0.39 is 21.7 Å². The molecule has 0 aromatic heterocycles.